The van der Waals surface area contributed by atoms with E-state index in [1.807, 2.05) is 23.1 Å². The highest BCUT2D eigenvalue weighted by molar-refractivity contribution is 5.89. The Morgan fingerprint density at radius 3 is 2.73 bits per heavy atom. The molecule has 2 amide bonds. The van der Waals surface area contributed by atoms with Crippen molar-refractivity contribution in [2.45, 2.75) is 26.7 Å². The van der Waals surface area contributed by atoms with Crippen LogP contribution in [0.4, 0.5) is 10.5 Å². The average molecular weight is 302 g/mol. The van der Waals surface area contributed by atoms with E-state index in [4.69, 9.17) is 4.74 Å². The maximum Gasteiger partial charge on any atom is 0.321 e. The number of ether oxygens (including phenoxy) is 1. The average Bonchev–Trinajstić information content (AvgIpc) is 2.52. The highest BCUT2D eigenvalue weighted by atomic mass is 16.5. The lowest BCUT2D eigenvalue weighted by Gasteiger charge is -2.31. The van der Waals surface area contributed by atoms with Gasteiger partial charge in [0.25, 0.3) is 0 Å². The maximum atomic E-state index is 12.3. The summed E-state index contributed by atoms with van der Waals surface area (Å²) in [6, 6.07) is 6.00. The van der Waals surface area contributed by atoms with Gasteiger partial charge in [-0.25, -0.2) is 4.79 Å². The molecule has 1 fully saturated rings. The fourth-order valence-corrected chi connectivity index (χ4v) is 2.64. The van der Waals surface area contributed by atoms with E-state index in [1.54, 1.807) is 6.08 Å². The molecular weight excluding hydrogens is 276 g/mol. The highest BCUT2D eigenvalue weighted by Gasteiger charge is 2.22. The summed E-state index contributed by atoms with van der Waals surface area (Å²) in [5, 5.41) is 2.99. The minimum atomic E-state index is -0.00582. The van der Waals surface area contributed by atoms with Crippen LogP contribution in [0.1, 0.15) is 24.0 Å². The third-order valence-electron chi connectivity index (χ3n) is 4.25. The SMILES string of the molecule is C=CCOCC1CCN(C(=O)Nc2ccc(C)c(C)c2)CC1. The molecule has 4 nitrogen and oxygen atoms in total. The van der Waals surface area contributed by atoms with Crippen molar-refractivity contribution < 1.29 is 9.53 Å². The van der Waals surface area contributed by atoms with Crippen LogP contribution in [0.2, 0.25) is 0 Å². The van der Waals surface area contributed by atoms with Crippen LogP contribution in [0.3, 0.4) is 0 Å². The number of nitrogens with zero attached hydrogens (tertiary/aromatic N) is 1. The van der Waals surface area contributed by atoms with E-state index in [0.717, 1.165) is 38.2 Å². The lowest BCUT2D eigenvalue weighted by Crippen LogP contribution is -2.41. The van der Waals surface area contributed by atoms with Gasteiger partial charge in [-0.2, -0.15) is 0 Å². The largest absolute Gasteiger partial charge is 0.377 e. The van der Waals surface area contributed by atoms with E-state index in [9.17, 15) is 4.79 Å². The lowest BCUT2D eigenvalue weighted by atomic mass is 9.98. The second kappa shape index (κ2) is 7.99. The van der Waals surface area contributed by atoms with Crippen molar-refractivity contribution in [2.24, 2.45) is 5.92 Å². The van der Waals surface area contributed by atoms with E-state index in [2.05, 4.69) is 25.7 Å². The number of carbonyl (C=O) groups is 1. The summed E-state index contributed by atoms with van der Waals surface area (Å²) in [7, 11) is 0. The second-order valence-corrected chi connectivity index (χ2v) is 5.99. The van der Waals surface area contributed by atoms with Crippen molar-refractivity contribution >= 4 is 11.7 Å². The van der Waals surface area contributed by atoms with Gasteiger partial charge in [-0.3, -0.25) is 0 Å². The van der Waals surface area contributed by atoms with E-state index >= 15 is 0 Å². The number of aryl methyl sites for hydroxylation is 2. The maximum absolute atomic E-state index is 12.3. The van der Waals surface area contributed by atoms with Gasteiger partial charge in [0.15, 0.2) is 0 Å². The Hall–Kier alpha value is -1.81. The van der Waals surface area contributed by atoms with E-state index < -0.39 is 0 Å². The van der Waals surface area contributed by atoms with Crippen molar-refractivity contribution in [2.75, 3.05) is 31.6 Å². The number of anilines is 1. The van der Waals surface area contributed by atoms with Gasteiger partial charge < -0.3 is 15.0 Å². The minimum Gasteiger partial charge on any atom is -0.377 e. The van der Waals surface area contributed by atoms with Crippen LogP contribution in [0.5, 0.6) is 0 Å². The number of carbonyl (C=O) groups excluding carboxylic acids is 1. The quantitative estimate of drug-likeness (QED) is 0.665. The standard InChI is InChI=1S/C18H26N2O2/c1-4-11-22-13-16-7-9-20(10-8-16)18(21)19-17-6-5-14(2)15(3)12-17/h4-6,12,16H,1,7-11,13H2,2-3H3,(H,19,21). The fourth-order valence-electron chi connectivity index (χ4n) is 2.64. The van der Waals surface area contributed by atoms with Crippen molar-refractivity contribution in [3.63, 3.8) is 0 Å². The van der Waals surface area contributed by atoms with Gasteiger partial charge >= 0.3 is 6.03 Å². The third-order valence-corrected chi connectivity index (χ3v) is 4.25. The zero-order chi connectivity index (χ0) is 15.9. The summed E-state index contributed by atoms with van der Waals surface area (Å²) in [6.45, 7) is 10.7. The normalized spacial score (nSPS) is 15.6. The first kappa shape index (κ1) is 16.6. The number of urea groups is 1. The molecule has 1 saturated heterocycles. The lowest BCUT2D eigenvalue weighted by molar-refractivity contribution is 0.0906. The van der Waals surface area contributed by atoms with Crippen LogP contribution >= 0.6 is 0 Å². The van der Waals surface area contributed by atoms with Crippen molar-refractivity contribution in [3.05, 3.63) is 42.0 Å². The van der Waals surface area contributed by atoms with Crippen LogP contribution in [-0.2, 0) is 4.74 Å². The summed E-state index contributed by atoms with van der Waals surface area (Å²) in [6.07, 6.45) is 3.76. The molecule has 0 aliphatic carbocycles. The van der Waals surface area contributed by atoms with Gasteiger partial charge in [-0.05, 0) is 55.9 Å². The summed E-state index contributed by atoms with van der Waals surface area (Å²) < 4.78 is 5.50. The molecule has 1 aromatic carbocycles. The molecule has 0 unspecified atom stereocenters. The Morgan fingerprint density at radius 1 is 1.36 bits per heavy atom. The van der Waals surface area contributed by atoms with Crippen molar-refractivity contribution in [1.82, 2.24) is 4.90 Å². The number of rotatable bonds is 5. The Labute approximate surface area is 133 Å². The predicted molar refractivity (Wildman–Crippen MR) is 90.2 cm³/mol. The number of hydrogen-bond acceptors (Lipinski definition) is 2. The first-order chi connectivity index (χ1) is 10.6. The van der Waals surface area contributed by atoms with Crippen LogP contribution in [-0.4, -0.2) is 37.2 Å². The molecule has 22 heavy (non-hydrogen) atoms. The van der Waals surface area contributed by atoms with Crippen molar-refractivity contribution in [3.8, 4) is 0 Å². The zero-order valence-corrected chi connectivity index (χ0v) is 13.6. The van der Waals surface area contributed by atoms with Crippen LogP contribution in [0.25, 0.3) is 0 Å². The van der Waals surface area contributed by atoms with Gasteiger partial charge in [-0.1, -0.05) is 12.1 Å². The Morgan fingerprint density at radius 2 is 2.09 bits per heavy atom. The Kier molecular flexibility index (Phi) is 6.01. The first-order valence-corrected chi connectivity index (χ1v) is 7.92. The molecule has 120 valence electrons. The van der Waals surface area contributed by atoms with Gasteiger partial charge in [-0.15, -0.1) is 6.58 Å². The molecule has 2 rings (SSSR count). The van der Waals surface area contributed by atoms with Crippen LogP contribution in [0.15, 0.2) is 30.9 Å². The molecule has 1 aliphatic rings. The van der Waals surface area contributed by atoms with Gasteiger partial charge in [0, 0.05) is 25.4 Å². The summed E-state index contributed by atoms with van der Waals surface area (Å²) in [5.74, 6) is 0.547. The van der Waals surface area contributed by atoms with E-state index in [-0.39, 0.29) is 6.03 Å². The molecular formula is C18H26N2O2. The van der Waals surface area contributed by atoms with Crippen LogP contribution < -0.4 is 5.32 Å². The van der Waals surface area contributed by atoms with Crippen molar-refractivity contribution in [1.29, 1.82) is 0 Å². The second-order valence-electron chi connectivity index (χ2n) is 5.99. The van der Waals surface area contributed by atoms with Crippen LogP contribution in [0, 0.1) is 19.8 Å². The number of likely N-dealkylation sites (tertiary alicyclic amines) is 1. The molecule has 1 aromatic rings. The molecule has 0 saturated carbocycles. The molecule has 0 atom stereocenters. The van der Waals surface area contributed by atoms with Gasteiger partial charge in [0.05, 0.1) is 6.61 Å². The third kappa shape index (κ3) is 4.60. The Balaban J connectivity index is 1.79. The highest BCUT2D eigenvalue weighted by Crippen LogP contribution is 2.19. The summed E-state index contributed by atoms with van der Waals surface area (Å²) in [5.41, 5.74) is 3.29. The molecule has 0 bridgehead atoms. The fraction of sp³-hybridized carbons (Fsp3) is 0.500. The first-order valence-electron chi connectivity index (χ1n) is 7.92. The molecule has 1 N–H and O–H groups in total. The van der Waals surface area contributed by atoms with E-state index in [1.165, 1.54) is 11.1 Å². The topological polar surface area (TPSA) is 41.6 Å². The summed E-state index contributed by atoms with van der Waals surface area (Å²) in [4.78, 5) is 14.2. The summed E-state index contributed by atoms with van der Waals surface area (Å²) >= 11 is 0. The number of benzene rings is 1. The molecule has 0 aromatic heterocycles. The zero-order valence-electron chi connectivity index (χ0n) is 13.6. The monoisotopic (exact) mass is 302 g/mol. The number of amides is 2. The van der Waals surface area contributed by atoms with Gasteiger partial charge in [0.1, 0.15) is 0 Å². The number of hydrogen-bond donors (Lipinski definition) is 1. The molecule has 0 spiro atoms. The van der Waals surface area contributed by atoms with Gasteiger partial charge in [0.2, 0.25) is 0 Å². The smallest absolute Gasteiger partial charge is 0.321 e. The predicted octanol–water partition coefficient (Wildman–Crippen LogP) is 3.75. The number of piperidine rings is 1. The Bertz CT molecular complexity index is 520. The molecule has 4 heteroatoms. The molecule has 1 heterocycles. The molecule has 1 aliphatic heterocycles. The minimum absolute atomic E-state index is 0.00582. The number of nitrogens with one attached hydrogen (secondary N) is 1. The van der Waals surface area contributed by atoms with E-state index in [0.29, 0.717) is 12.5 Å². The molecule has 0 radical (unpaired) electrons.